The van der Waals surface area contributed by atoms with Gasteiger partial charge < -0.3 is 10.3 Å². The van der Waals surface area contributed by atoms with E-state index in [2.05, 4.69) is 20.4 Å². The Morgan fingerprint density at radius 2 is 1.96 bits per heavy atom. The number of aromatic amines is 1. The molecule has 9 heteroatoms. The topological polar surface area (TPSA) is 75.6 Å². The molecule has 0 aliphatic heterocycles. The lowest BCUT2D eigenvalue weighted by atomic mass is 10.1. The van der Waals surface area contributed by atoms with Crippen molar-refractivity contribution < 1.29 is 18.0 Å². The number of anilines is 1. The third kappa shape index (κ3) is 3.34. The van der Waals surface area contributed by atoms with E-state index in [0.29, 0.717) is 33.8 Å². The standard InChI is InChI=1S/C19H14F3N5O/c1-27-15(7-8-23-27)18(28)26-16-6-5-12-10-14(24-17(12)25-16)11-3-2-4-13(9-11)19(20,21)22/h2-10H,1H3,(H2,24,25,26,28). The van der Waals surface area contributed by atoms with Gasteiger partial charge >= 0.3 is 6.18 Å². The quantitative estimate of drug-likeness (QED) is 0.554. The van der Waals surface area contributed by atoms with Gasteiger partial charge in [-0.1, -0.05) is 12.1 Å². The molecular formula is C19H14F3N5O. The summed E-state index contributed by atoms with van der Waals surface area (Å²) in [6.07, 6.45) is -2.90. The lowest BCUT2D eigenvalue weighted by Crippen LogP contribution is -2.16. The summed E-state index contributed by atoms with van der Waals surface area (Å²) in [7, 11) is 1.65. The van der Waals surface area contributed by atoms with Crippen LogP contribution in [0, 0.1) is 0 Å². The summed E-state index contributed by atoms with van der Waals surface area (Å²) in [5, 5.41) is 7.33. The summed E-state index contributed by atoms with van der Waals surface area (Å²) in [4.78, 5) is 19.6. The van der Waals surface area contributed by atoms with Crippen molar-refractivity contribution in [2.75, 3.05) is 5.32 Å². The summed E-state index contributed by atoms with van der Waals surface area (Å²) >= 11 is 0. The molecule has 4 aromatic rings. The molecule has 0 aliphatic rings. The van der Waals surface area contributed by atoms with Gasteiger partial charge in [-0.05, 0) is 42.0 Å². The minimum Gasteiger partial charge on any atom is -0.339 e. The number of fused-ring (bicyclic) bond motifs is 1. The number of nitrogens with zero attached hydrogens (tertiary/aromatic N) is 3. The molecule has 1 amide bonds. The zero-order valence-corrected chi connectivity index (χ0v) is 14.6. The van der Waals surface area contributed by atoms with Crippen molar-refractivity contribution in [3.8, 4) is 11.3 Å². The van der Waals surface area contributed by atoms with Crippen LogP contribution in [0.15, 0.2) is 54.7 Å². The molecule has 2 N–H and O–H groups in total. The minimum atomic E-state index is -4.41. The number of amides is 1. The van der Waals surface area contributed by atoms with Crippen LogP contribution in [0.1, 0.15) is 16.1 Å². The van der Waals surface area contributed by atoms with Gasteiger partial charge in [0.05, 0.1) is 5.56 Å². The third-order valence-electron chi connectivity index (χ3n) is 4.28. The van der Waals surface area contributed by atoms with Crippen molar-refractivity contribution in [3.05, 3.63) is 66.0 Å². The average Bonchev–Trinajstić information content (AvgIpc) is 3.26. The van der Waals surface area contributed by atoms with Crippen molar-refractivity contribution in [3.63, 3.8) is 0 Å². The molecule has 1 aromatic carbocycles. The average molecular weight is 385 g/mol. The maximum absolute atomic E-state index is 12.9. The van der Waals surface area contributed by atoms with Crippen LogP contribution in [0.25, 0.3) is 22.3 Å². The van der Waals surface area contributed by atoms with Gasteiger partial charge in [-0.2, -0.15) is 18.3 Å². The van der Waals surface area contributed by atoms with E-state index in [1.165, 1.54) is 16.9 Å². The zero-order valence-electron chi connectivity index (χ0n) is 14.6. The number of rotatable bonds is 3. The van der Waals surface area contributed by atoms with E-state index < -0.39 is 11.7 Å². The van der Waals surface area contributed by atoms with E-state index in [9.17, 15) is 18.0 Å². The molecule has 3 heterocycles. The number of hydrogen-bond donors (Lipinski definition) is 2. The van der Waals surface area contributed by atoms with Gasteiger partial charge in [-0.3, -0.25) is 9.48 Å². The molecule has 0 radical (unpaired) electrons. The Morgan fingerprint density at radius 1 is 1.14 bits per heavy atom. The first-order valence-corrected chi connectivity index (χ1v) is 8.28. The van der Waals surface area contributed by atoms with Gasteiger partial charge in [-0.15, -0.1) is 0 Å². The molecule has 142 valence electrons. The molecular weight excluding hydrogens is 371 g/mol. The van der Waals surface area contributed by atoms with E-state index >= 15 is 0 Å². The number of aryl methyl sites for hydroxylation is 1. The molecule has 0 atom stereocenters. The Labute approximate surface area is 157 Å². The number of H-pyrrole nitrogens is 1. The summed E-state index contributed by atoms with van der Waals surface area (Å²) in [5.41, 5.74) is 1.01. The first-order chi connectivity index (χ1) is 13.3. The molecule has 0 saturated heterocycles. The van der Waals surface area contributed by atoms with Gasteiger partial charge in [0.1, 0.15) is 17.2 Å². The van der Waals surface area contributed by atoms with Crippen LogP contribution in [0.2, 0.25) is 0 Å². The van der Waals surface area contributed by atoms with Crippen molar-refractivity contribution in [1.29, 1.82) is 0 Å². The second-order valence-electron chi connectivity index (χ2n) is 6.19. The largest absolute Gasteiger partial charge is 0.416 e. The molecule has 4 rings (SSSR count). The molecule has 6 nitrogen and oxygen atoms in total. The van der Waals surface area contributed by atoms with E-state index in [1.54, 1.807) is 37.4 Å². The van der Waals surface area contributed by atoms with Gasteiger partial charge in [0.15, 0.2) is 0 Å². The normalized spacial score (nSPS) is 11.7. The van der Waals surface area contributed by atoms with Gasteiger partial charge in [0.25, 0.3) is 5.91 Å². The zero-order chi connectivity index (χ0) is 19.9. The van der Waals surface area contributed by atoms with Crippen molar-refractivity contribution in [2.45, 2.75) is 6.18 Å². The Bertz CT molecular complexity index is 1180. The summed E-state index contributed by atoms with van der Waals surface area (Å²) in [6.45, 7) is 0. The fraction of sp³-hybridized carbons (Fsp3) is 0.105. The van der Waals surface area contributed by atoms with Crippen LogP contribution in [-0.4, -0.2) is 25.7 Å². The van der Waals surface area contributed by atoms with E-state index in [4.69, 9.17) is 0 Å². The van der Waals surface area contributed by atoms with E-state index in [1.807, 2.05) is 0 Å². The number of pyridine rings is 1. The predicted octanol–water partition coefficient (Wildman–Crippen LogP) is 4.23. The van der Waals surface area contributed by atoms with Gasteiger partial charge in [0.2, 0.25) is 0 Å². The second kappa shape index (κ2) is 6.52. The molecule has 0 spiro atoms. The van der Waals surface area contributed by atoms with E-state index in [0.717, 1.165) is 12.1 Å². The Morgan fingerprint density at radius 3 is 2.68 bits per heavy atom. The van der Waals surface area contributed by atoms with Crippen molar-refractivity contribution in [2.24, 2.45) is 7.05 Å². The van der Waals surface area contributed by atoms with Gasteiger partial charge in [-0.25, -0.2) is 4.98 Å². The number of alkyl halides is 3. The number of benzene rings is 1. The predicted molar refractivity (Wildman–Crippen MR) is 97.7 cm³/mol. The number of aromatic nitrogens is 4. The minimum absolute atomic E-state index is 0.316. The third-order valence-corrected chi connectivity index (χ3v) is 4.28. The summed E-state index contributed by atoms with van der Waals surface area (Å²) in [6, 6.07) is 11.7. The maximum atomic E-state index is 12.9. The van der Waals surface area contributed by atoms with Crippen LogP contribution < -0.4 is 5.32 Å². The first-order valence-electron chi connectivity index (χ1n) is 8.28. The summed E-state index contributed by atoms with van der Waals surface area (Å²) in [5.74, 6) is -0.0485. The first kappa shape index (κ1) is 17.8. The highest BCUT2D eigenvalue weighted by Gasteiger charge is 2.30. The lowest BCUT2D eigenvalue weighted by molar-refractivity contribution is -0.137. The summed E-state index contributed by atoms with van der Waals surface area (Å²) < 4.78 is 40.3. The van der Waals surface area contributed by atoms with Crippen LogP contribution in [0.3, 0.4) is 0 Å². The maximum Gasteiger partial charge on any atom is 0.416 e. The van der Waals surface area contributed by atoms with Crippen LogP contribution >= 0.6 is 0 Å². The van der Waals surface area contributed by atoms with Crippen LogP contribution in [-0.2, 0) is 13.2 Å². The fourth-order valence-electron chi connectivity index (χ4n) is 2.87. The highest BCUT2D eigenvalue weighted by atomic mass is 19.4. The molecule has 0 aliphatic carbocycles. The number of hydrogen-bond acceptors (Lipinski definition) is 3. The highest BCUT2D eigenvalue weighted by Crippen LogP contribution is 2.32. The van der Waals surface area contributed by atoms with Gasteiger partial charge in [0, 0.05) is 24.3 Å². The van der Waals surface area contributed by atoms with Crippen LogP contribution in [0.5, 0.6) is 0 Å². The molecule has 0 saturated carbocycles. The second-order valence-corrected chi connectivity index (χ2v) is 6.19. The fourth-order valence-corrected chi connectivity index (χ4v) is 2.87. The van der Waals surface area contributed by atoms with Crippen molar-refractivity contribution >= 4 is 22.8 Å². The Kier molecular flexibility index (Phi) is 4.14. The highest BCUT2D eigenvalue weighted by molar-refractivity contribution is 6.03. The number of halogens is 3. The Balaban J connectivity index is 1.64. The SMILES string of the molecule is Cn1nccc1C(=O)Nc1ccc2cc(-c3cccc(C(F)(F)F)c3)[nH]c2n1. The van der Waals surface area contributed by atoms with Crippen LogP contribution in [0.4, 0.5) is 19.0 Å². The monoisotopic (exact) mass is 385 g/mol. The lowest BCUT2D eigenvalue weighted by Gasteiger charge is -2.07. The van der Waals surface area contributed by atoms with E-state index in [-0.39, 0.29) is 5.91 Å². The molecule has 3 aromatic heterocycles. The Hall–Kier alpha value is -3.62. The molecule has 0 unspecified atom stereocenters. The number of nitrogens with one attached hydrogen (secondary N) is 2. The number of carbonyl (C=O) groups is 1. The molecule has 0 bridgehead atoms. The number of carbonyl (C=O) groups excluding carboxylic acids is 1. The van der Waals surface area contributed by atoms with Crippen molar-refractivity contribution in [1.82, 2.24) is 19.7 Å². The molecule has 28 heavy (non-hydrogen) atoms. The smallest absolute Gasteiger partial charge is 0.339 e. The molecule has 0 fully saturated rings.